The van der Waals surface area contributed by atoms with Crippen LogP contribution in [0.3, 0.4) is 0 Å². The van der Waals surface area contributed by atoms with Gasteiger partial charge in [-0.15, -0.1) is 0 Å². The molecule has 0 bridgehead atoms. The predicted octanol–water partition coefficient (Wildman–Crippen LogP) is -1.67. The summed E-state index contributed by atoms with van der Waals surface area (Å²) in [5, 5.41) is 30.1. The van der Waals surface area contributed by atoms with Crippen LogP contribution in [0.1, 0.15) is 6.92 Å². The molecule has 0 unspecified atom stereocenters. The van der Waals surface area contributed by atoms with Gasteiger partial charge >= 0.3 is 0 Å². The lowest BCUT2D eigenvalue weighted by Gasteiger charge is -2.41. The molecule has 0 atom stereocenters. The molecule has 0 saturated carbocycles. The second-order valence-corrected chi connectivity index (χ2v) is 4.41. The summed E-state index contributed by atoms with van der Waals surface area (Å²) in [6.45, 7) is 3.19. The maximum atomic E-state index is 9.05. The summed E-state index contributed by atoms with van der Waals surface area (Å²) in [4.78, 5) is 0. The molecule has 5 heteroatoms. The fourth-order valence-electron chi connectivity index (χ4n) is 1.27. The van der Waals surface area contributed by atoms with Crippen molar-refractivity contribution < 1.29 is 20.1 Å². The normalized spacial score (nSPS) is 20.6. The first-order chi connectivity index (χ1) is 6.60. The maximum absolute atomic E-state index is 9.05. The molecular weight excluding hydrogens is 186 g/mol. The Bertz CT molecular complexity index is 169. The third-order valence-electron chi connectivity index (χ3n) is 2.70. The molecule has 1 heterocycles. The van der Waals surface area contributed by atoms with Crippen LogP contribution < -0.4 is 5.32 Å². The number of hydrogen-bond donors (Lipinski definition) is 4. The number of nitrogens with one attached hydrogen (secondary N) is 1. The van der Waals surface area contributed by atoms with Crippen molar-refractivity contribution in [3.63, 3.8) is 0 Å². The topological polar surface area (TPSA) is 82.0 Å². The molecule has 0 aliphatic carbocycles. The Hall–Kier alpha value is -0.200. The van der Waals surface area contributed by atoms with E-state index in [1.165, 1.54) is 0 Å². The van der Waals surface area contributed by atoms with E-state index in [9.17, 15) is 0 Å². The standard InChI is InChI=1S/C9H19NO4/c1-8(6-14-7-8)2-10-9(3-11,4-12)5-13/h10-13H,2-7H2,1H3. The summed E-state index contributed by atoms with van der Waals surface area (Å²) < 4.78 is 5.08. The van der Waals surface area contributed by atoms with E-state index in [-0.39, 0.29) is 25.2 Å². The fraction of sp³-hybridized carbons (Fsp3) is 1.00. The summed E-state index contributed by atoms with van der Waals surface area (Å²) in [7, 11) is 0. The third kappa shape index (κ3) is 2.43. The van der Waals surface area contributed by atoms with Crippen molar-refractivity contribution in [1.82, 2.24) is 5.32 Å². The molecular formula is C9H19NO4. The lowest BCUT2D eigenvalue weighted by Crippen LogP contribution is -2.60. The lowest BCUT2D eigenvalue weighted by molar-refractivity contribution is -0.106. The zero-order chi connectivity index (χ0) is 10.7. The van der Waals surface area contributed by atoms with Gasteiger partial charge in [-0.1, -0.05) is 6.92 Å². The highest BCUT2D eigenvalue weighted by atomic mass is 16.5. The molecule has 14 heavy (non-hydrogen) atoms. The van der Waals surface area contributed by atoms with Crippen molar-refractivity contribution in [2.24, 2.45) is 5.41 Å². The quantitative estimate of drug-likeness (QED) is 0.417. The first-order valence-electron chi connectivity index (χ1n) is 4.75. The van der Waals surface area contributed by atoms with Gasteiger partial charge in [0.25, 0.3) is 0 Å². The Kier molecular flexibility index (Phi) is 3.86. The van der Waals surface area contributed by atoms with Crippen LogP contribution >= 0.6 is 0 Å². The van der Waals surface area contributed by atoms with Gasteiger partial charge in [0.2, 0.25) is 0 Å². The van der Waals surface area contributed by atoms with E-state index in [0.717, 1.165) is 0 Å². The fourth-order valence-corrected chi connectivity index (χ4v) is 1.27. The Balaban J connectivity index is 2.39. The minimum atomic E-state index is -0.974. The second kappa shape index (κ2) is 4.55. The molecule has 4 N–H and O–H groups in total. The van der Waals surface area contributed by atoms with E-state index in [1.54, 1.807) is 0 Å². The van der Waals surface area contributed by atoms with Gasteiger partial charge in [0, 0.05) is 12.0 Å². The molecule has 0 aromatic carbocycles. The van der Waals surface area contributed by atoms with Crippen molar-refractivity contribution in [3.8, 4) is 0 Å². The van der Waals surface area contributed by atoms with Crippen LogP contribution in [-0.4, -0.2) is 60.4 Å². The molecule has 1 rings (SSSR count). The van der Waals surface area contributed by atoms with Crippen molar-refractivity contribution in [2.75, 3.05) is 39.6 Å². The lowest BCUT2D eigenvalue weighted by atomic mass is 9.87. The van der Waals surface area contributed by atoms with E-state index in [2.05, 4.69) is 12.2 Å². The van der Waals surface area contributed by atoms with Gasteiger partial charge in [0.05, 0.1) is 38.6 Å². The Morgan fingerprint density at radius 1 is 1.21 bits per heavy atom. The number of rotatable bonds is 6. The molecule has 1 aliphatic heterocycles. The molecule has 0 aromatic heterocycles. The summed E-state index contributed by atoms with van der Waals surface area (Å²) in [6.07, 6.45) is 0. The van der Waals surface area contributed by atoms with Gasteiger partial charge in [-0.2, -0.15) is 0 Å². The van der Waals surface area contributed by atoms with E-state index < -0.39 is 5.54 Å². The molecule has 1 saturated heterocycles. The summed E-state index contributed by atoms with van der Waals surface area (Å²) >= 11 is 0. The van der Waals surface area contributed by atoms with Crippen molar-refractivity contribution in [1.29, 1.82) is 0 Å². The average molecular weight is 205 g/mol. The molecule has 0 aromatic rings. The van der Waals surface area contributed by atoms with Crippen LogP contribution in [0, 0.1) is 5.41 Å². The SMILES string of the molecule is CC1(CNC(CO)(CO)CO)COC1. The van der Waals surface area contributed by atoms with Crippen LogP contribution in [0.5, 0.6) is 0 Å². The minimum Gasteiger partial charge on any atom is -0.394 e. The molecule has 84 valence electrons. The second-order valence-electron chi connectivity index (χ2n) is 4.41. The van der Waals surface area contributed by atoms with Gasteiger partial charge in [0.15, 0.2) is 0 Å². The highest BCUT2D eigenvalue weighted by molar-refractivity contribution is 4.91. The van der Waals surface area contributed by atoms with Gasteiger partial charge < -0.3 is 25.4 Å². The molecule has 1 aliphatic rings. The molecule has 0 radical (unpaired) electrons. The summed E-state index contributed by atoms with van der Waals surface area (Å²) in [5.41, 5.74) is -0.913. The Morgan fingerprint density at radius 3 is 2.00 bits per heavy atom. The minimum absolute atomic E-state index is 0.0603. The van der Waals surface area contributed by atoms with Crippen LogP contribution in [0.15, 0.2) is 0 Å². The smallest absolute Gasteiger partial charge is 0.0881 e. The van der Waals surface area contributed by atoms with Crippen LogP contribution in [0.2, 0.25) is 0 Å². The van der Waals surface area contributed by atoms with E-state index in [0.29, 0.717) is 19.8 Å². The van der Waals surface area contributed by atoms with E-state index in [4.69, 9.17) is 20.1 Å². The van der Waals surface area contributed by atoms with Gasteiger partial charge in [-0.05, 0) is 0 Å². The highest BCUT2D eigenvalue weighted by Gasteiger charge is 2.36. The first-order valence-corrected chi connectivity index (χ1v) is 4.75. The molecule has 0 spiro atoms. The van der Waals surface area contributed by atoms with Crippen LogP contribution in [0.25, 0.3) is 0 Å². The number of hydrogen-bond acceptors (Lipinski definition) is 5. The van der Waals surface area contributed by atoms with Crippen molar-refractivity contribution in [3.05, 3.63) is 0 Å². The average Bonchev–Trinajstić information content (AvgIpc) is 2.18. The van der Waals surface area contributed by atoms with Gasteiger partial charge in [-0.3, -0.25) is 0 Å². The number of aliphatic hydroxyl groups is 3. The van der Waals surface area contributed by atoms with Crippen molar-refractivity contribution >= 4 is 0 Å². The van der Waals surface area contributed by atoms with E-state index in [1.807, 2.05) is 0 Å². The monoisotopic (exact) mass is 205 g/mol. The van der Waals surface area contributed by atoms with Crippen molar-refractivity contribution in [2.45, 2.75) is 12.5 Å². The first kappa shape index (κ1) is 11.9. The summed E-state index contributed by atoms with van der Waals surface area (Å²) in [6, 6.07) is 0. The highest BCUT2D eigenvalue weighted by Crippen LogP contribution is 2.25. The van der Waals surface area contributed by atoms with Crippen LogP contribution in [0.4, 0.5) is 0 Å². The zero-order valence-electron chi connectivity index (χ0n) is 8.49. The maximum Gasteiger partial charge on any atom is 0.0881 e. The number of ether oxygens (including phenoxy) is 1. The Labute approximate surface area is 83.7 Å². The summed E-state index contributed by atoms with van der Waals surface area (Å²) in [5.74, 6) is 0. The predicted molar refractivity (Wildman–Crippen MR) is 50.9 cm³/mol. The Morgan fingerprint density at radius 2 is 1.71 bits per heavy atom. The van der Waals surface area contributed by atoms with Gasteiger partial charge in [-0.25, -0.2) is 0 Å². The molecule has 5 nitrogen and oxygen atoms in total. The zero-order valence-corrected chi connectivity index (χ0v) is 8.49. The van der Waals surface area contributed by atoms with Crippen LogP contribution in [-0.2, 0) is 4.74 Å². The molecule has 1 fully saturated rings. The largest absolute Gasteiger partial charge is 0.394 e. The van der Waals surface area contributed by atoms with Gasteiger partial charge in [0.1, 0.15) is 0 Å². The number of aliphatic hydroxyl groups excluding tert-OH is 3. The molecule has 0 amide bonds. The van der Waals surface area contributed by atoms with E-state index >= 15 is 0 Å². The third-order valence-corrected chi connectivity index (χ3v) is 2.70.